The first kappa shape index (κ1) is 15.4. The van der Waals surface area contributed by atoms with Crippen molar-refractivity contribution in [2.45, 2.75) is 20.8 Å². The van der Waals surface area contributed by atoms with Gasteiger partial charge in [-0.1, -0.05) is 12.7 Å². The van der Waals surface area contributed by atoms with Crippen LogP contribution in [0.3, 0.4) is 0 Å². The molecule has 0 bridgehead atoms. The van der Waals surface area contributed by atoms with Gasteiger partial charge in [0.1, 0.15) is 0 Å². The minimum Gasteiger partial charge on any atom is -0.423 e. The van der Waals surface area contributed by atoms with Crippen LogP contribution in [0.25, 0.3) is 6.08 Å². The second-order valence-electron chi connectivity index (χ2n) is 3.79. The van der Waals surface area contributed by atoms with Gasteiger partial charge in [0, 0.05) is 20.8 Å². The summed E-state index contributed by atoms with van der Waals surface area (Å²) in [6, 6.07) is 2.76. The van der Waals surface area contributed by atoms with E-state index >= 15 is 0 Å². The quantitative estimate of drug-likeness (QED) is 0.618. The molecule has 20 heavy (non-hydrogen) atoms. The number of ether oxygens (including phenoxy) is 3. The molecule has 0 unspecified atom stereocenters. The molecule has 1 rings (SSSR count). The normalized spacial score (nSPS) is 9.55. The van der Waals surface area contributed by atoms with E-state index in [9.17, 15) is 14.4 Å². The van der Waals surface area contributed by atoms with Crippen LogP contribution in [0.4, 0.5) is 0 Å². The second-order valence-corrected chi connectivity index (χ2v) is 3.79. The molecule has 0 atom stereocenters. The van der Waals surface area contributed by atoms with Crippen LogP contribution >= 0.6 is 0 Å². The fourth-order valence-corrected chi connectivity index (χ4v) is 1.40. The number of esters is 3. The van der Waals surface area contributed by atoms with Crippen molar-refractivity contribution in [3.05, 3.63) is 24.3 Å². The number of hydrogen-bond donors (Lipinski definition) is 0. The third kappa shape index (κ3) is 4.24. The molecule has 0 spiro atoms. The summed E-state index contributed by atoms with van der Waals surface area (Å²) in [4.78, 5) is 33.3. The van der Waals surface area contributed by atoms with Gasteiger partial charge in [-0.2, -0.15) is 0 Å². The van der Waals surface area contributed by atoms with Crippen molar-refractivity contribution in [3.63, 3.8) is 0 Å². The van der Waals surface area contributed by atoms with Crippen molar-refractivity contribution in [2.24, 2.45) is 0 Å². The average Bonchev–Trinajstić information content (AvgIpc) is 2.30. The Morgan fingerprint density at radius 1 is 0.900 bits per heavy atom. The Balaban J connectivity index is 3.42. The van der Waals surface area contributed by atoms with E-state index in [2.05, 4.69) is 0 Å². The second kappa shape index (κ2) is 6.51. The van der Waals surface area contributed by atoms with E-state index in [0.717, 1.165) is 6.92 Å². The Kier molecular flexibility index (Phi) is 5.02. The molecule has 0 aliphatic heterocycles. The minimum absolute atomic E-state index is 0.0665. The van der Waals surface area contributed by atoms with Crippen LogP contribution in [0.1, 0.15) is 26.3 Å². The fraction of sp³-hybridized carbons (Fsp3) is 0.214. The number of carbonyl (C=O) groups excluding carboxylic acids is 3. The summed E-state index contributed by atoms with van der Waals surface area (Å²) < 4.78 is 14.8. The van der Waals surface area contributed by atoms with Crippen LogP contribution in [-0.4, -0.2) is 17.9 Å². The first-order chi connectivity index (χ1) is 9.33. The Morgan fingerprint density at radius 3 is 1.60 bits per heavy atom. The Morgan fingerprint density at radius 2 is 1.30 bits per heavy atom. The first-order valence-corrected chi connectivity index (χ1v) is 5.61. The lowest BCUT2D eigenvalue weighted by molar-refractivity contribution is -0.135. The third-order valence-corrected chi connectivity index (χ3v) is 1.99. The topological polar surface area (TPSA) is 78.9 Å². The van der Waals surface area contributed by atoms with Gasteiger partial charge in [-0.05, 0) is 17.7 Å². The van der Waals surface area contributed by atoms with E-state index in [4.69, 9.17) is 20.8 Å². The molecule has 1 radical (unpaired) electrons. The molecular weight excluding hydrogens is 264 g/mol. The molecule has 6 nitrogen and oxygen atoms in total. The number of carbonyl (C=O) groups is 3. The molecule has 0 aromatic heterocycles. The van der Waals surface area contributed by atoms with Gasteiger partial charge < -0.3 is 14.2 Å². The van der Waals surface area contributed by atoms with E-state index < -0.39 is 17.9 Å². The standard InChI is InChI=1S/C14H13O6/c1-5-11-6-12(18-8(2)15)14(20-10(4)17)13(7-11)19-9(3)16/h1,5-7H,2-4H3. The van der Waals surface area contributed by atoms with Crippen molar-refractivity contribution >= 4 is 24.0 Å². The summed E-state index contributed by atoms with van der Waals surface area (Å²) in [7, 11) is 0. The first-order valence-electron chi connectivity index (χ1n) is 5.61. The van der Waals surface area contributed by atoms with Crippen molar-refractivity contribution < 1.29 is 28.6 Å². The molecule has 0 amide bonds. The fourth-order valence-electron chi connectivity index (χ4n) is 1.40. The molecule has 105 valence electrons. The summed E-state index contributed by atoms with van der Waals surface area (Å²) in [5.74, 6) is -2.20. The summed E-state index contributed by atoms with van der Waals surface area (Å²) in [6.45, 7) is 8.92. The van der Waals surface area contributed by atoms with Crippen molar-refractivity contribution in [2.75, 3.05) is 0 Å². The highest BCUT2D eigenvalue weighted by Crippen LogP contribution is 2.39. The SMILES string of the molecule is [CH]=Cc1cc(OC(C)=O)c(OC(C)=O)c(OC(C)=O)c1. The van der Waals surface area contributed by atoms with Gasteiger partial charge in [-0.3, -0.25) is 14.4 Å². The Labute approximate surface area is 115 Å². The number of benzene rings is 1. The minimum atomic E-state index is -0.656. The maximum Gasteiger partial charge on any atom is 0.308 e. The van der Waals surface area contributed by atoms with Gasteiger partial charge in [-0.25, -0.2) is 0 Å². The van der Waals surface area contributed by atoms with Gasteiger partial charge in [0.15, 0.2) is 11.5 Å². The van der Waals surface area contributed by atoms with Gasteiger partial charge in [0.25, 0.3) is 0 Å². The van der Waals surface area contributed by atoms with Gasteiger partial charge in [0.2, 0.25) is 5.75 Å². The number of rotatable bonds is 4. The lowest BCUT2D eigenvalue weighted by Gasteiger charge is -2.13. The van der Waals surface area contributed by atoms with Crippen LogP contribution in [-0.2, 0) is 14.4 Å². The van der Waals surface area contributed by atoms with Crippen LogP contribution in [0.15, 0.2) is 12.1 Å². The largest absolute Gasteiger partial charge is 0.423 e. The average molecular weight is 277 g/mol. The predicted molar refractivity (Wildman–Crippen MR) is 69.1 cm³/mol. The lowest BCUT2D eigenvalue weighted by Crippen LogP contribution is -2.10. The smallest absolute Gasteiger partial charge is 0.308 e. The highest BCUT2D eigenvalue weighted by Gasteiger charge is 2.19. The zero-order valence-electron chi connectivity index (χ0n) is 11.3. The van der Waals surface area contributed by atoms with Crippen molar-refractivity contribution in [1.82, 2.24) is 0 Å². The van der Waals surface area contributed by atoms with Crippen molar-refractivity contribution in [3.8, 4) is 17.2 Å². The van der Waals surface area contributed by atoms with E-state index in [1.807, 2.05) is 0 Å². The van der Waals surface area contributed by atoms with E-state index in [-0.39, 0.29) is 17.2 Å². The molecule has 6 heteroatoms. The van der Waals surface area contributed by atoms with Crippen LogP contribution < -0.4 is 14.2 Å². The highest BCUT2D eigenvalue weighted by molar-refractivity contribution is 5.78. The molecule has 0 saturated heterocycles. The van der Waals surface area contributed by atoms with E-state index in [1.54, 1.807) is 0 Å². The van der Waals surface area contributed by atoms with Crippen LogP contribution in [0.2, 0.25) is 0 Å². The molecule has 0 fully saturated rings. The summed E-state index contributed by atoms with van der Waals surface area (Å²) in [6.07, 6.45) is 1.22. The molecule has 0 aliphatic rings. The molecule has 1 aromatic carbocycles. The zero-order chi connectivity index (χ0) is 15.3. The summed E-state index contributed by atoms with van der Waals surface area (Å²) in [5, 5.41) is 0. The van der Waals surface area contributed by atoms with Crippen LogP contribution in [0, 0.1) is 6.58 Å². The third-order valence-electron chi connectivity index (χ3n) is 1.99. The van der Waals surface area contributed by atoms with Gasteiger partial charge in [-0.15, -0.1) is 0 Å². The molecule has 1 aromatic rings. The maximum absolute atomic E-state index is 11.1. The highest BCUT2D eigenvalue weighted by atomic mass is 16.6. The number of hydrogen-bond acceptors (Lipinski definition) is 6. The lowest BCUT2D eigenvalue weighted by atomic mass is 10.2. The Bertz CT molecular complexity index is 536. The monoisotopic (exact) mass is 277 g/mol. The van der Waals surface area contributed by atoms with Gasteiger partial charge in [0.05, 0.1) is 0 Å². The predicted octanol–water partition coefficient (Wildman–Crippen LogP) is 1.91. The van der Waals surface area contributed by atoms with E-state index in [1.165, 1.54) is 32.1 Å². The summed E-state index contributed by atoms with van der Waals surface area (Å²) >= 11 is 0. The summed E-state index contributed by atoms with van der Waals surface area (Å²) in [5.41, 5.74) is 0.424. The van der Waals surface area contributed by atoms with Crippen molar-refractivity contribution in [1.29, 1.82) is 0 Å². The molecule has 0 N–H and O–H groups in total. The molecule has 0 saturated carbocycles. The maximum atomic E-state index is 11.1. The van der Waals surface area contributed by atoms with Crippen LogP contribution in [0.5, 0.6) is 17.2 Å². The Hall–Kier alpha value is -2.63. The molecule has 0 aliphatic carbocycles. The molecular formula is C14H13O6. The zero-order valence-corrected chi connectivity index (χ0v) is 11.3. The van der Waals surface area contributed by atoms with E-state index in [0.29, 0.717) is 5.56 Å². The van der Waals surface area contributed by atoms with Gasteiger partial charge >= 0.3 is 17.9 Å². The molecule has 0 heterocycles.